The molecule has 20 nitrogen and oxygen atoms in total. The number of carboxylic acids is 1. The normalized spacial score (nSPS) is 13.3. The van der Waals surface area contributed by atoms with Crippen molar-refractivity contribution in [2.45, 2.75) is 57.3 Å². The van der Waals surface area contributed by atoms with Gasteiger partial charge in [0.25, 0.3) is 0 Å². The number of aliphatic hydroxyl groups is 2. The largest absolute Gasteiger partial charge is 0.480 e. The number of amides is 6. The summed E-state index contributed by atoms with van der Waals surface area (Å²) in [5, 5.41) is 41.3. The Balaban J connectivity index is 5.04. The van der Waals surface area contributed by atoms with Crippen LogP contribution in [0, 0.1) is 5.92 Å². The first-order valence-electron chi connectivity index (χ1n) is 13.6. The Kier molecular flexibility index (Phi) is 19.0. The molecule has 0 saturated carbocycles. The molecule has 0 heterocycles. The number of carbonyl (C=O) groups excluding carboxylic acids is 6. The summed E-state index contributed by atoms with van der Waals surface area (Å²) in [6.45, 7) is 0.315. The van der Waals surface area contributed by atoms with Crippen LogP contribution >= 0.6 is 0 Å². The van der Waals surface area contributed by atoms with Crippen molar-refractivity contribution in [1.82, 2.24) is 31.9 Å². The summed E-state index contributed by atoms with van der Waals surface area (Å²) in [4.78, 5) is 88.7. The van der Waals surface area contributed by atoms with Gasteiger partial charge in [0, 0.05) is 6.54 Å². The Labute approximate surface area is 253 Å². The zero-order chi connectivity index (χ0) is 33.8. The van der Waals surface area contributed by atoms with E-state index in [0.717, 1.165) is 0 Å². The maximum absolute atomic E-state index is 12.6. The number of carboxylic acid groups (broad SMARTS) is 1. The van der Waals surface area contributed by atoms with E-state index in [-0.39, 0.29) is 44.2 Å². The van der Waals surface area contributed by atoms with Crippen molar-refractivity contribution in [3.8, 4) is 0 Å². The van der Waals surface area contributed by atoms with Crippen LogP contribution in [0.3, 0.4) is 0 Å². The molecule has 44 heavy (non-hydrogen) atoms. The SMILES string of the molecule is CC(C)C[C@H](NC(=O)CN)C(=O)N[C@@H](CO)C(=O)NCC(=O)NCC(=O)N[C@@H](CCCN=C(N)N)C(=O)N[C@@H](CO)C(=O)O. The molecule has 0 aromatic rings. The van der Waals surface area contributed by atoms with Crippen molar-refractivity contribution < 1.29 is 48.9 Å². The van der Waals surface area contributed by atoms with Crippen molar-refractivity contribution in [2.24, 2.45) is 28.1 Å². The van der Waals surface area contributed by atoms with E-state index in [1.165, 1.54) is 0 Å². The molecule has 15 N–H and O–H groups in total. The number of hydrogen-bond donors (Lipinski definition) is 12. The van der Waals surface area contributed by atoms with E-state index in [4.69, 9.17) is 27.4 Å². The van der Waals surface area contributed by atoms with E-state index in [1.54, 1.807) is 13.8 Å². The molecule has 0 bridgehead atoms. The van der Waals surface area contributed by atoms with Crippen LogP contribution in [0.1, 0.15) is 33.1 Å². The van der Waals surface area contributed by atoms with E-state index < -0.39 is 91.9 Å². The highest BCUT2D eigenvalue weighted by Gasteiger charge is 2.28. The smallest absolute Gasteiger partial charge is 0.328 e. The zero-order valence-electron chi connectivity index (χ0n) is 24.6. The van der Waals surface area contributed by atoms with Gasteiger partial charge in [-0.2, -0.15) is 0 Å². The fraction of sp³-hybridized carbons (Fsp3) is 0.667. The number of aliphatic hydroxyl groups excluding tert-OH is 2. The summed E-state index contributed by atoms with van der Waals surface area (Å²) in [5.41, 5.74) is 15.8. The van der Waals surface area contributed by atoms with Crippen LogP contribution in [0.25, 0.3) is 0 Å². The lowest BCUT2D eigenvalue weighted by molar-refractivity contribution is -0.143. The summed E-state index contributed by atoms with van der Waals surface area (Å²) in [6, 6.07) is -5.38. The zero-order valence-corrected chi connectivity index (χ0v) is 24.6. The van der Waals surface area contributed by atoms with Gasteiger partial charge < -0.3 is 64.4 Å². The molecule has 250 valence electrons. The maximum Gasteiger partial charge on any atom is 0.328 e. The van der Waals surface area contributed by atoms with E-state index in [1.807, 2.05) is 0 Å². The minimum Gasteiger partial charge on any atom is -0.480 e. The number of nitrogens with zero attached hydrogens (tertiary/aromatic N) is 1. The quantitative estimate of drug-likeness (QED) is 0.0318. The number of guanidine groups is 1. The molecule has 0 aromatic carbocycles. The molecule has 0 fully saturated rings. The average molecular weight is 633 g/mol. The molecule has 0 rings (SSSR count). The number of hydrogen-bond acceptors (Lipinski definition) is 11. The third kappa shape index (κ3) is 16.8. The average Bonchev–Trinajstić information content (AvgIpc) is 2.96. The monoisotopic (exact) mass is 632 g/mol. The summed E-state index contributed by atoms with van der Waals surface area (Å²) in [5.74, 6) is -6.59. The fourth-order valence-corrected chi connectivity index (χ4v) is 3.43. The minimum atomic E-state index is -1.62. The molecule has 0 aliphatic carbocycles. The third-order valence-corrected chi connectivity index (χ3v) is 5.62. The van der Waals surface area contributed by atoms with Crippen LogP contribution < -0.4 is 49.1 Å². The van der Waals surface area contributed by atoms with Crippen LogP contribution in [0.4, 0.5) is 0 Å². The lowest BCUT2D eigenvalue weighted by atomic mass is 10.0. The van der Waals surface area contributed by atoms with Crippen LogP contribution in [0.2, 0.25) is 0 Å². The van der Waals surface area contributed by atoms with Gasteiger partial charge in [0.05, 0.1) is 32.8 Å². The van der Waals surface area contributed by atoms with Crippen LogP contribution in [-0.2, 0) is 33.6 Å². The molecule has 0 aromatic heterocycles. The molecule has 0 spiro atoms. The van der Waals surface area contributed by atoms with Gasteiger partial charge in [-0.15, -0.1) is 0 Å². The topological polar surface area (TPSA) is 343 Å². The Morgan fingerprint density at radius 3 is 1.77 bits per heavy atom. The Bertz CT molecular complexity index is 1040. The van der Waals surface area contributed by atoms with E-state index in [9.17, 15) is 38.7 Å². The van der Waals surface area contributed by atoms with E-state index in [2.05, 4.69) is 36.9 Å². The second kappa shape index (κ2) is 21.2. The Morgan fingerprint density at radius 1 is 0.705 bits per heavy atom. The third-order valence-electron chi connectivity index (χ3n) is 5.62. The molecule has 0 unspecified atom stereocenters. The van der Waals surface area contributed by atoms with Gasteiger partial charge in [0.1, 0.15) is 24.2 Å². The summed E-state index contributed by atoms with van der Waals surface area (Å²) in [7, 11) is 0. The molecule has 6 amide bonds. The van der Waals surface area contributed by atoms with Crippen molar-refractivity contribution in [3.05, 3.63) is 0 Å². The lowest BCUT2D eigenvalue weighted by Crippen LogP contribution is -2.56. The minimum absolute atomic E-state index is 0.0114. The van der Waals surface area contributed by atoms with Crippen molar-refractivity contribution in [2.75, 3.05) is 39.4 Å². The van der Waals surface area contributed by atoms with Gasteiger partial charge in [-0.05, 0) is 25.2 Å². The molecular weight excluding hydrogens is 588 g/mol. The Morgan fingerprint density at radius 2 is 1.25 bits per heavy atom. The van der Waals surface area contributed by atoms with Gasteiger partial charge in [-0.3, -0.25) is 33.8 Å². The molecule has 0 saturated heterocycles. The van der Waals surface area contributed by atoms with Gasteiger partial charge in [-0.25, -0.2) is 4.79 Å². The highest BCUT2D eigenvalue weighted by atomic mass is 16.4. The number of aliphatic imine (C=N–C) groups is 1. The number of rotatable bonds is 21. The predicted molar refractivity (Wildman–Crippen MR) is 154 cm³/mol. The molecule has 20 heteroatoms. The summed E-state index contributed by atoms with van der Waals surface area (Å²) < 4.78 is 0. The highest BCUT2D eigenvalue weighted by molar-refractivity contribution is 5.95. The first-order valence-corrected chi connectivity index (χ1v) is 13.6. The van der Waals surface area contributed by atoms with E-state index in [0.29, 0.717) is 0 Å². The van der Waals surface area contributed by atoms with Crippen LogP contribution in [0.15, 0.2) is 4.99 Å². The molecular formula is C24H44N10O10. The van der Waals surface area contributed by atoms with E-state index >= 15 is 0 Å². The number of carbonyl (C=O) groups is 7. The number of nitrogens with two attached hydrogens (primary N) is 3. The molecule has 0 aliphatic rings. The van der Waals surface area contributed by atoms with Gasteiger partial charge in [0.15, 0.2) is 5.96 Å². The molecule has 0 radical (unpaired) electrons. The van der Waals surface area contributed by atoms with Crippen LogP contribution in [0.5, 0.6) is 0 Å². The first kappa shape index (κ1) is 39.4. The van der Waals surface area contributed by atoms with Gasteiger partial charge in [0.2, 0.25) is 35.4 Å². The molecule has 0 aliphatic heterocycles. The standard InChI is InChI=1S/C24H44N10O10/c1-12(2)6-14(32-17(37)7-25)22(42)33-15(10-35)20(40)30-8-18(38)29-9-19(39)31-13(4-3-5-28-24(26)27)21(41)34-16(11-36)23(43)44/h12-16,35-36H,3-11,25H2,1-2H3,(H,29,38)(H,30,40)(H,31,39)(H,32,37)(H,33,42)(H,34,41)(H,43,44)(H4,26,27,28)/t13-,14-,15-,16-/m0/s1. The second-order valence-electron chi connectivity index (χ2n) is 9.84. The fourth-order valence-electron chi connectivity index (χ4n) is 3.43. The number of nitrogens with one attached hydrogen (secondary N) is 6. The predicted octanol–water partition coefficient (Wildman–Crippen LogP) is -6.71. The van der Waals surface area contributed by atoms with Crippen molar-refractivity contribution >= 4 is 47.4 Å². The van der Waals surface area contributed by atoms with Gasteiger partial charge >= 0.3 is 5.97 Å². The van der Waals surface area contributed by atoms with Gasteiger partial charge in [-0.1, -0.05) is 13.8 Å². The maximum atomic E-state index is 12.6. The van der Waals surface area contributed by atoms with Crippen LogP contribution in [-0.4, -0.2) is 126 Å². The summed E-state index contributed by atoms with van der Waals surface area (Å²) in [6.07, 6.45) is 0.395. The van der Waals surface area contributed by atoms with Crippen molar-refractivity contribution in [3.63, 3.8) is 0 Å². The number of aliphatic carboxylic acids is 1. The lowest BCUT2D eigenvalue weighted by Gasteiger charge is -2.23. The second-order valence-corrected chi connectivity index (χ2v) is 9.84. The van der Waals surface area contributed by atoms with Crippen molar-refractivity contribution in [1.29, 1.82) is 0 Å². The Hall–Kier alpha value is -4.56. The molecule has 4 atom stereocenters. The highest BCUT2D eigenvalue weighted by Crippen LogP contribution is 2.05. The summed E-state index contributed by atoms with van der Waals surface area (Å²) >= 11 is 0. The first-order chi connectivity index (χ1) is 20.6.